The fourth-order valence-electron chi connectivity index (χ4n) is 3.32. The molecule has 24 heavy (non-hydrogen) atoms. The molecule has 0 bridgehead atoms. The number of unbranched alkanes of at least 4 members (excludes halogenated alkanes) is 3. The Labute approximate surface area is 142 Å². The molecule has 1 aliphatic rings. The largest absolute Gasteiger partial charge is 0.440 e. The van der Waals surface area contributed by atoms with Crippen LogP contribution in [-0.4, -0.2) is 34.9 Å². The molecule has 0 aromatic heterocycles. The van der Waals surface area contributed by atoms with E-state index in [1.54, 1.807) is 31.2 Å². The monoisotopic (exact) mass is 332 g/mol. The number of ketones is 2. The van der Waals surface area contributed by atoms with Crippen LogP contribution in [0.4, 0.5) is 0 Å². The summed E-state index contributed by atoms with van der Waals surface area (Å²) in [6.07, 6.45) is 4.62. The van der Waals surface area contributed by atoms with E-state index in [4.69, 9.17) is 9.84 Å². The Hall–Kier alpha value is -2.01. The summed E-state index contributed by atoms with van der Waals surface area (Å²) >= 11 is 0. The summed E-state index contributed by atoms with van der Waals surface area (Å²) in [6.45, 7) is 3.01. The minimum atomic E-state index is -1.84. The molecule has 130 valence electrons. The highest BCUT2D eigenvalue weighted by atomic mass is 16.6. The first-order valence-corrected chi connectivity index (χ1v) is 8.50. The second kappa shape index (κ2) is 7.71. The average molecular weight is 332 g/mol. The van der Waals surface area contributed by atoms with E-state index in [0.29, 0.717) is 6.42 Å². The van der Waals surface area contributed by atoms with Crippen LogP contribution in [0.25, 0.3) is 0 Å². The van der Waals surface area contributed by atoms with Crippen LogP contribution in [0.5, 0.6) is 0 Å². The normalized spacial score (nSPS) is 16.8. The van der Waals surface area contributed by atoms with Crippen LogP contribution in [0.3, 0.4) is 0 Å². The number of hydrogen-bond acceptors (Lipinski definition) is 5. The molecule has 1 atom stereocenters. The van der Waals surface area contributed by atoms with Crippen LogP contribution >= 0.6 is 0 Å². The van der Waals surface area contributed by atoms with Crippen LogP contribution in [0.15, 0.2) is 24.3 Å². The third kappa shape index (κ3) is 3.13. The molecular formula is C19H24O5. The minimum Gasteiger partial charge on any atom is -0.440 e. The van der Waals surface area contributed by atoms with E-state index in [9.17, 15) is 14.4 Å². The van der Waals surface area contributed by atoms with Gasteiger partial charge >= 0.3 is 5.97 Å². The summed E-state index contributed by atoms with van der Waals surface area (Å²) in [4.78, 5) is 37.6. The molecule has 0 fully saturated rings. The lowest BCUT2D eigenvalue weighted by molar-refractivity contribution is -0.158. The number of fused-ring (bicyclic) bond motifs is 1. The van der Waals surface area contributed by atoms with E-state index >= 15 is 0 Å². The predicted octanol–water partition coefficient (Wildman–Crippen LogP) is 2.95. The number of Topliss-reactive ketones (excluding diaryl/α,β-unsaturated/α-hetero) is 2. The SMILES string of the molecule is CCCCCCC(C)C1(OC(=O)CO)C(=O)c2ccccc2C1=O. The van der Waals surface area contributed by atoms with E-state index < -0.39 is 35.7 Å². The van der Waals surface area contributed by atoms with Gasteiger partial charge in [-0.15, -0.1) is 0 Å². The van der Waals surface area contributed by atoms with E-state index in [1.165, 1.54) is 0 Å². The summed E-state index contributed by atoms with van der Waals surface area (Å²) in [5.74, 6) is -2.36. The van der Waals surface area contributed by atoms with Gasteiger partial charge < -0.3 is 9.84 Å². The molecule has 0 saturated carbocycles. The van der Waals surface area contributed by atoms with Gasteiger partial charge in [-0.05, 0) is 6.42 Å². The molecule has 0 spiro atoms. The van der Waals surface area contributed by atoms with Gasteiger partial charge in [-0.1, -0.05) is 63.8 Å². The van der Waals surface area contributed by atoms with Crippen molar-refractivity contribution in [3.8, 4) is 0 Å². The molecule has 1 aliphatic carbocycles. The zero-order chi connectivity index (χ0) is 17.7. The summed E-state index contributed by atoms with van der Waals surface area (Å²) in [5.41, 5.74) is -1.27. The number of ether oxygens (including phenoxy) is 1. The van der Waals surface area contributed by atoms with Crippen molar-refractivity contribution in [2.45, 2.75) is 51.6 Å². The molecule has 0 saturated heterocycles. The fraction of sp³-hybridized carbons (Fsp3) is 0.526. The van der Waals surface area contributed by atoms with Crippen LogP contribution < -0.4 is 0 Å². The zero-order valence-electron chi connectivity index (χ0n) is 14.2. The third-order valence-electron chi connectivity index (χ3n) is 4.68. The Morgan fingerprint density at radius 1 is 1.12 bits per heavy atom. The van der Waals surface area contributed by atoms with Crippen LogP contribution in [0.2, 0.25) is 0 Å². The van der Waals surface area contributed by atoms with Gasteiger partial charge in [-0.2, -0.15) is 0 Å². The van der Waals surface area contributed by atoms with Gasteiger partial charge in [0.2, 0.25) is 17.2 Å². The molecule has 0 aliphatic heterocycles. The van der Waals surface area contributed by atoms with Crippen molar-refractivity contribution in [2.24, 2.45) is 5.92 Å². The summed E-state index contributed by atoms with van der Waals surface area (Å²) in [6, 6.07) is 6.52. The van der Waals surface area contributed by atoms with Crippen molar-refractivity contribution < 1.29 is 24.2 Å². The highest BCUT2D eigenvalue weighted by Crippen LogP contribution is 2.40. The molecule has 0 amide bonds. The Kier molecular flexibility index (Phi) is 5.89. The number of carbonyl (C=O) groups excluding carboxylic acids is 3. The quantitative estimate of drug-likeness (QED) is 0.450. The summed E-state index contributed by atoms with van der Waals surface area (Å²) < 4.78 is 5.29. The smallest absolute Gasteiger partial charge is 0.333 e. The molecule has 1 aromatic rings. The van der Waals surface area contributed by atoms with Gasteiger partial charge in [0.1, 0.15) is 6.61 Å². The second-order valence-corrected chi connectivity index (χ2v) is 6.32. The maximum Gasteiger partial charge on any atom is 0.333 e. The predicted molar refractivity (Wildman–Crippen MR) is 88.9 cm³/mol. The number of rotatable bonds is 8. The van der Waals surface area contributed by atoms with Crippen LogP contribution in [0, 0.1) is 5.92 Å². The lowest BCUT2D eigenvalue weighted by Crippen LogP contribution is -2.51. The standard InChI is InChI=1S/C19H24O5/c1-3-4-5-6-9-13(2)19(24-16(21)12-20)17(22)14-10-7-8-11-15(14)18(19)23/h7-8,10-11,13,20H,3-6,9,12H2,1-2H3. The van der Waals surface area contributed by atoms with Crippen LogP contribution in [0.1, 0.15) is 66.7 Å². The number of aliphatic hydroxyl groups is 1. The number of benzene rings is 1. The van der Waals surface area contributed by atoms with Crippen molar-refractivity contribution in [3.63, 3.8) is 0 Å². The number of carbonyl (C=O) groups is 3. The van der Waals surface area contributed by atoms with Crippen molar-refractivity contribution in [2.75, 3.05) is 6.61 Å². The lowest BCUT2D eigenvalue weighted by Gasteiger charge is -2.31. The molecule has 1 unspecified atom stereocenters. The van der Waals surface area contributed by atoms with Crippen molar-refractivity contribution >= 4 is 17.5 Å². The molecular weight excluding hydrogens is 308 g/mol. The Bertz CT molecular complexity index is 599. The fourth-order valence-corrected chi connectivity index (χ4v) is 3.32. The number of aliphatic hydroxyl groups excluding tert-OH is 1. The van der Waals surface area contributed by atoms with Gasteiger partial charge in [-0.3, -0.25) is 9.59 Å². The molecule has 1 aromatic carbocycles. The minimum absolute atomic E-state index is 0.286. The van der Waals surface area contributed by atoms with E-state index in [-0.39, 0.29) is 11.1 Å². The third-order valence-corrected chi connectivity index (χ3v) is 4.68. The van der Waals surface area contributed by atoms with Gasteiger partial charge in [0.25, 0.3) is 0 Å². The lowest BCUT2D eigenvalue weighted by atomic mass is 9.80. The summed E-state index contributed by atoms with van der Waals surface area (Å²) in [7, 11) is 0. The molecule has 0 heterocycles. The first-order valence-electron chi connectivity index (χ1n) is 8.50. The molecule has 0 radical (unpaired) electrons. The zero-order valence-corrected chi connectivity index (χ0v) is 14.2. The molecule has 5 nitrogen and oxygen atoms in total. The molecule has 1 N–H and O–H groups in total. The summed E-state index contributed by atoms with van der Waals surface area (Å²) in [5, 5.41) is 9.03. The first-order chi connectivity index (χ1) is 11.5. The van der Waals surface area contributed by atoms with Gasteiger partial charge in [0, 0.05) is 17.0 Å². The Balaban J connectivity index is 2.33. The first kappa shape index (κ1) is 18.3. The van der Waals surface area contributed by atoms with E-state index in [0.717, 1.165) is 25.7 Å². The second-order valence-electron chi connectivity index (χ2n) is 6.32. The average Bonchev–Trinajstić information content (AvgIpc) is 2.81. The number of hydrogen-bond donors (Lipinski definition) is 1. The van der Waals surface area contributed by atoms with E-state index in [2.05, 4.69) is 6.92 Å². The number of esters is 1. The Morgan fingerprint density at radius 3 is 2.21 bits per heavy atom. The van der Waals surface area contributed by atoms with Gasteiger partial charge in [-0.25, -0.2) is 4.79 Å². The highest BCUT2D eigenvalue weighted by molar-refractivity contribution is 6.32. The van der Waals surface area contributed by atoms with Crippen LogP contribution in [-0.2, 0) is 9.53 Å². The van der Waals surface area contributed by atoms with Crippen molar-refractivity contribution in [1.82, 2.24) is 0 Å². The molecule has 5 heteroatoms. The Morgan fingerprint density at radius 2 is 1.71 bits per heavy atom. The maximum absolute atomic E-state index is 12.9. The van der Waals surface area contributed by atoms with Crippen molar-refractivity contribution in [1.29, 1.82) is 0 Å². The van der Waals surface area contributed by atoms with Gasteiger partial charge in [0.15, 0.2) is 0 Å². The van der Waals surface area contributed by atoms with E-state index in [1.807, 2.05) is 0 Å². The topological polar surface area (TPSA) is 80.7 Å². The van der Waals surface area contributed by atoms with Gasteiger partial charge in [0.05, 0.1) is 0 Å². The van der Waals surface area contributed by atoms with Crippen molar-refractivity contribution in [3.05, 3.63) is 35.4 Å². The highest BCUT2D eigenvalue weighted by Gasteiger charge is 2.59. The maximum atomic E-state index is 12.9. The molecule has 2 rings (SSSR count).